The van der Waals surface area contributed by atoms with Gasteiger partial charge in [-0.05, 0) is 34.6 Å². The number of carbonyl (C=O) groups excluding carboxylic acids is 2. The number of aliphatic carboxylic acids is 1. The van der Waals surface area contributed by atoms with Crippen LogP contribution in [0.15, 0.2) is 48.5 Å². The van der Waals surface area contributed by atoms with Crippen molar-refractivity contribution in [1.82, 2.24) is 10.6 Å². The lowest BCUT2D eigenvalue weighted by Gasteiger charge is -2.21. The smallest absolute Gasteiger partial charge is 0.407 e. The largest absolute Gasteiger partial charge is 0.480 e. The highest BCUT2D eigenvalue weighted by Crippen LogP contribution is 2.44. The highest BCUT2D eigenvalue weighted by molar-refractivity contribution is 5.89. The minimum atomic E-state index is -1.42. The summed E-state index contributed by atoms with van der Waals surface area (Å²) in [5, 5.41) is 23.1. The van der Waals surface area contributed by atoms with Gasteiger partial charge < -0.3 is 25.6 Å². The molecule has 8 nitrogen and oxygen atoms in total. The first-order valence-corrected chi connectivity index (χ1v) is 10.7. The maximum Gasteiger partial charge on any atom is 0.407 e. The second kappa shape index (κ2) is 9.40. The Morgan fingerprint density at radius 3 is 2.06 bits per heavy atom. The summed E-state index contributed by atoms with van der Waals surface area (Å²) < 4.78 is 5.51. The van der Waals surface area contributed by atoms with Crippen LogP contribution < -0.4 is 10.6 Å². The van der Waals surface area contributed by atoms with E-state index in [-0.39, 0.29) is 12.5 Å². The van der Waals surface area contributed by atoms with Crippen LogP contribution in [0.25, 0.3) is 11.1 Å². The van der Waals surface area contributed by atoms with E-state index < -0.39 is 36.7 Å². The van der Waals surface area contributed by atoms with Crippen molar-refractivity contribution >= 4 is 18.0 Å². The van der Waals surface area contributed by atoms with Crippen LogP contribution in [0, 0.1) is 5.92 Å². The highest BCUT2D eigenvalue weighted by atomic mass is 16.5. The minimum Gasteiger partial charge on any atom is -0.480 e. The van der Waals surface area contributed by atoms with Gasteiger partial charge >= 0.3 is 12.1 Å². The van der Waals surface area contributed by atoms with E-state index in [2.05, 4.69) is 10.6 Å². The van der Waals surface area contributed by atoms with Gasteiger partial charge in [-0.25, -0.2) is 9.59 Å². The number of carboxylic acid groups (broad SMARTS) is 1. The SMILES string of the molecule is O=C(N[C@@H](CC1CC1)C(=O)N[C@@H](CO)C(=O)O)OCC1c2ccccc2-c2ccccc21. The van der Waals surface area contributed by atoms with Gasteiger partial charge in [-0.1, -0.05) is 61.4 Å². The maximum absolute atomic E-state index is 12.6. The fraction of sp³-hybridized carbons (Fsp3) is 0.375. The van der Waals surface area contributed by atoms with Gasteiger partial charge in [0.05, 0.1) is 6.61 Å². The van der Waals surface area contributed by atoms with Gasteiger partial charge in [0.25, 0.3) is 0 Å². The molecule has 0 aromatic heterocycles. The molecule has 168 valence electrons. The third-order valence-corrected chi connectivity index (χ3v) is 6.02. The molecular formula is C24H26N2O6. The van der Waals surface area contributed by atoms with Crippen molar-refractivity contribution in [3.05, 3.63) is 59.7 Å². The van der Waals surface area contributed by atoms with Crippen LogP contribution in [0.2, 0.25) is 0 Å². The quantitative estimate of drug-likeness (QED) is 0.476. The summed E-state index contributed by atoms with van der Waals surface area (Å²) in [6.45, 7) is -0.617. The number of ether oxygens (including phenoxy) is 1. The Bertz CT molecular complexity index is 974. The van der Waals surface area contributed by atoms with Gasteiger partial charge in [0.1, 0.15) is 18.7 Å². The summed E-state index contributed by atoms with van der Waals surface area (Å²) in [6.07, 6.45) is 1.58. The molecule has 0 aliphatic heterocycles. The monoisotopic (exact) mass is 438 g/mol. The van der Waals surface area contributed by atoms with E-state index in [9.17, 15) is 14.4 Å². The standard InChI is InChI=1S/C24H26N2O6/c27-12-21(23(29)30)25-22(28)20(11-14-9-10-14)26-24(31)32-13-19-17-7-3-1-5-15(17)16-6-2-4-8-18(16)19/h1-8,14,19-21,27H,9-13H2,(H,25,28)(H,26,31)(H,29,30)/t20-,21-/m0/s1. The van der Waals surface area contributed by atoms with Crippen LogP contribution >= 0.6 is 0 Å². The fourth-order valence-electron chi connectivity index (χ4n) is 4.16. The molecule has 2 aromatic rings. The topological polar surface area (TPSA) is 125 Å². The summed E-state index contributed by atoms with van der Waals surface area (Å²) in [5.74, 6) is -1.79. The fourth-order valence-corrected chi connectivity index (χ4v) is 4.16. The number of nitrogens with one attached hydrogen (secondary N) is 2. The molecule has 32 heavy (non-hydrogen) atoms. The van der Waals surface area contributed by atoms with Crippen LogP contribution in [-0.4, -0.2) is 53.5 Å². The molecule has 4 rings (SSSR count). The first-order valence-electron chi connectivity index (χ1n) is 10.7. The lowest BCUT2D eigenvalue weighted by molar-refractivity contribution is -0.143. The average Bonchev–Trinajstić information content (AvgIpc) is 3.55. The van der Waals surface area contributed by atoms with Gasteiger partial charge in [0.2, 0.25) is 5.91 Å². The van der Waals surface area contributed by atoms with Gasteiger partial charge in [-0.15, -0.1) is 0 Å². The summed E-state index contributed by atoms with van der Waals surface area (Å²) >= 11 is 0. The highest BCUT2D eigenvalue weighted by Gasteiger charge is 2.33. The first kappa shape index (κ1) is 21.8. The van der Waals surface area contributed by atoms with Crippen molar-refractivity contribution in [3.8, 4) is 11.1 Å². The first-order chi connectivity index (χ1) is 15.5. The van der Waals surface area contributed by atoms with E-state index in [1.807, 2.05) is 48.5 Å². The number of fused-ring (bicyclic) bond motifs is 3. The molecule has 2 atom stereocenters. The van der Waals surface area contributed by atoms with Crippen molar-refractivity contribution in [2.24, 2.45) is 5.92 Å². The van der Waals surface area contributed by atoms with Gasteiger partial charge in [0.15, 0.2) is 0 Å². The van der Waals surface area contributed by atoms with E-state index in [4.69, 9.17) is 14.9 Å². The number of hydrogen-bond acceptors (Lipinski definition) is 5. The Morgan fingerprint density at radius 2 is 1.53 bits per heavy atom. The summed E-state index contributed by atoms with van der Waals surface area (Å²) in [6, 6.07) is 13.6. The Hall–Kier alpha value is -3.39. The average molecular weight is 438 g/mol. The maximum atomic E-state index is 12.6. The Balaban J connectivity index is 1.40. The summed E-state index contributed by atoms with van der Waals surface area (Å²) in [4.78, 5) is 36.2. The lowest BCUT2D eigenvalue weighted by Crippen LogP contribution is -2.53. The number of alkyl carbamates (subject to hydrolysis) is 1. The van der Waals surface area contributed by atoms with Crippen LogP contribution in [0.1, 0.15) is 36.3 Å². The number of rotatable bonds is 9. The van der Waals surface area contributed by atoms with Gasteiger partial charge in [-0.2, -0.15) is 0 Å². The molecule has 2 aliphatic rings. The number of carbonyl (C=O) groups is 3. The molecule has 8 heteroatoms. The van der Waals surface area contributed by atoms with Gasteiger partial charge in [-0.3, -0.25) is 4.79 Å². The van der Waals surface area contributed by atoms with E-state index >= 15 is 0 Å². The molecule has 0 heterocycles. The van der Waals surface area contributed by atoms with E-state index in [1.165, 1.54) is 0 Å². The number of hydrogen-bond donors (Lipinski definition) is 4. The predicted molar refractivity (Wildman–Crippen MR) is 116 cm³/mol. The molecule has 0 unspecified atom stereocenters. The second-order valence-corrected chi connectivity index (χ2v) is 8.28. The van der Waals surface area contributed by atoms with E-state index in [0.29, 0.717) is 12.3 Å². The molecule has 4 N–H and O–H groups in total. The zero-order valence-electron chi connectivity index (χ0n) is 17.5. The Labute approximate surface area is 185 Å². The van der Waals surface area contributed by atoms with E-state index in [1.54, 1.807) is 0 Å². The molecule has 0 bridgehead atoms. The molecule has 2 aromatic carbocycles. The Kier molecular flexibility index (Phi) is 6.41. The zero-order chi connectivity index (χ0) is 22.7. The van der Waals surface area contributed by atoms with Crippen LogP contribution in [0.4, 0.5) is 4.79 Å². The molecule has 2 aliphatic carbocycles. The van der Waals surface area contributed by atoms with Crippen LogP contribution in [0.3, 0.4) is 0 Å². The van der Waals surface area contributed by atoms with Crippen molar-refractivity contribution in [3.63, 3.8) is 0 Å². The molecule has 0 spiro atoms. The Morgan fingerprint density at radius 1 is 0.938 bits per heavy atom. The zero-order valence-corrected chi connectivity index (χ0v) is 17.5. The third kappa shape index (κ3) is 4.75. The number of carboxylic acids is 1. The lowest BCUT2D eigenvalue weighted by atomic mass is 9.98. The number of amides is 2. The van der Waals surface area contributed by atoms with Gasteiger partial charge in [0, 0.05) is 5.92 Å². The molecule has 0 saturated heterocycles. The minimum absolute atomic E-state index is 0.102. The van der Waals surface area contributed by atoms with Crippen molar-refractivity contribution in [1.29, 1.82) is 0 Å². The normalized spacial score (nSPS) is 16.4. The van der Waals surface area contributed by atoms with Crippen LogP contribution in [-0.2, 0) is 14.3 Å². The van der Waals surface area contributed by atoms with E-state index in [0.717, 1.165) is 35.1 Å². The molecular weight excluding hydrogens is 412 g/mol. The van der Waals surface area contributed by atoms with Crippen molar-refractivity contribution < 1.29 is 29.3 Å². The second-order valence-electron chi connectivity index (χ2n) is 8.28. The molecule has 1 fully saturated rings. The van der Waals surface area contributed by atoms with Crippen molar-refractivity contribution in [2.45, 2.75) is 37.3 Å². The number of aliphatic hydroxyl groups is 1. The number of benzene rings is 2. The molecule has 1 saturated carbocycles. The summed E-state index contributed by atoms with van der Waals surface area (Å²) in [5.41, 5.74) is 4.40. The third-order valence-electron chi connectivity index (χ3n) is 6.02. The molecule has 0 radical (unpaired) electrons. The van der Waals surface area contributed by atoms with Crippen molar-refractivity contribution in [2.75, 3.05) is 13.2 Å². The summed E-state index contributed by atoms with van der Waals surface area (Å²) in [7, 11) is 0. The number of aliphatic hydroxyl groups excluding tert-OH is 1. The van der Waals surface area contributed by atoms with Crippen LogP contribution in [0.5, 0.6) is 0 Å². The predicted octanol–water partition coefficient (Wildman–Crippen LogP) is 2.26. The molecule has 2 amide bonds.